The Labute approximate surface area is 122 Å². The van der Waals surface area contributed by atoms with Crippen molar-refractivity contribution in [2.24, 2.45) is 0 Å². The fourth-order valence-corrected chi connectivity index (χ4v) is 2.51. The lowest BCUT2D eigenvalue weighted by atomic mass is 10.1. The molecule has 1 heterocycles. The molecule has 1 aliphatic rings. The van der Waals surface area contributed by atoms with Crippen LogP contribution in [-0.2, 0) is 22.4 Å². The summed E-state index contributed by atoms with van der Waals surface area (Å²) in [6.07, 6.45) is 4.96. The fraction of sp³-hybridized carbons (Fsp3) is 0.250. The van der Waals surface area contributed by atoms with Crippen molar-refractivity contribution in [3.63, 3.8) is 0 Å². The molecule has 1 aromatic heterocycles. The lowest BCUT2D eigenvalue weighted by Gasteiger charge is -2.08. The van der Waals surface area contributed by atoms with Gasteiger partial charge in [-0.1, -0.05) is 6.07 Å². The summed E-state index contributed by atoms with van der Waals surface area (Å²) in [6.45, 7) is -0.297. The molecule has 1 aromatic carbocycles. The van der Waals surface area contributed by atoms with Crippen LogP contribution in [0.5, 0.6) is 0 Å². The zero-order valence-corrected chi connectivity index (χ0v) is 11.5. The Bertz CT molecular complexity index is 662. The number of anilines is 1. The smallest absolute Gasteiger partial charge is 0.355 e. The van der Waals surface area contributed by atoms with Crippen molar-refractivity contribution in [3.8, 4) is 0 Å². The van der Waals surface area contributed by atoms with E-state index in [0.717, 1.165) is 18.5 Å². The van der Waals surface area contributed by atoms with Gasteiger partial charge in [0.05, 0.1) is 0 Å². The van der Waals surface area contributed by atoms with Crippen molar-refractivity contribution in [2.75, 3.05) is 11.9 Å². The normalized spacial score (nSPS) is 12.8. The van der Waals surface area contributed by atoms with Crippen LogP contribution in [0, 0.1) is 0 Å². The molecule has 2 N–H and O–H groups in total. The molecule has 2 aromatic rings. The first-order valence-electron chi connectivity index (χ1n) is 6.94. The molecule has 0 spiro atoms. The second-order valence-corrected chi connectivity index (χ2v) is 5.05. The molecule has 0 atom stereocenters. The third-order valence-electron chi connectivity index (χ3n) is 3.53. The maximum Gasteiger partial charge on any atom is 0.355 e. The molecule has 0 bridgehead atoms. The number of aromatic nitrogens is 1. The first kappa shape index (κ1) is 13.4. The minimum absolute atomic E-state index is 0.297. The molecular weight excluding hydrogens is 268 g/mol. The predicted octanol–water partition coefficient (Wildman–Crippen LogP) is 2.30. The average molecular weight is 284 g/mol. The molecule has 0 saturated heterocycles. The SMILES string of the molecule is O=C(COC(=O)c1ccc[nH]1)Nc1ccc2c(c1)CCC2. The molecule has 1 amide bonds. The van der Waals surface area contributed by atoms with Gasteiger partial charge in [-0.05, 0) is 54.7 Å². The van der Waals surface area contributed by atoms with Crippen LogP contribution in [0.3, 0.4) is 0 Å². The number of ether oxygens (including phenoxy) is 1. The molecule has 3 rings (SSSR count). The Balaban J connectivity index is 1.53. The summed E-state index contributed by atoms with van der Waals surface area (Å²) in [4.78, 5) is 26.1. The molecule has 0 aliphatic heterocycles. The fourth-order valence-electron chi connectivity index (χ4n) is 2.51. The molecule has 0 saturated carbocycles. The molecular formula is C16H16N2O3. The lowest BCUT2D eigenvalue weighted by Crippen LogP contribution is -2.21. The second kappa shape index (κ2) is 5.83. The van der Waals surface area contributed by atoms with E-state index >= 15 is 0 Å². The van der Waals surface area contributed by atoms with E-state index < -0.39 is 5.97 Å². The number of aryl methyl sites for hydroxylation is 2. The van der Waals surface area contributed by atoms with Crippen LogP contribution < -0.4 is 5.32 Å². The molecule has 0 fully saturated rings. The zero-order valence-electron chi connectivity index (χ0n) is 11.5. The highest BCUT2D eigenvalue weighted by molar-refractivity contribution is 5.94. The summed E-state index contributed by atoms with van der Waals surface area (Å²) in [7, 11) is 0. The number of benzene rings is 1. The number of esters is 1. The molecule has 0 radical (unpaired) electrons. The zero-order chi connectivity index (χ0) is 14.7. The Kier molecular flexibility index (Phi) is 3.73. The highest BCUT2D eigenvalue weighted by atomic mass is 16.5. The number of H-pyrrole nitrogens is 1. The number of aromatic amines is 1. The molecule has 5 nitrogen and oxygen atoms in total. The van der Waals surface area contributed by atoms with Crippen molar-refractivity contribution in [1.82, 2.24) is 4.98 Å². The summed E-state index contributed by atoms with van der Waals surface area (Å²) in [5.41, 5.74) is 3.72. The van der Waals surface area contributed by atoms with Crippen LogP contribution in [0.25, 0.3) is 0 Å². The van der Waals surface area contributed by atoms with Crippen LogP contribution in [-0.4, -0.2) is 23.5 Å². The van der Waals surface area contributed by atoms with Crippen LogP contribution in [0.1, 0.15) is 28.0 Å². The minimum Gasteiger partial charge on any atom is -0.451 e. The number of hydrogen-bond donors (Lipinski definition) is 2. The van der Waals surface area contributed by atoms with Gasteiger partial charge in [0.15, 0.2) is 6.61 Å². The second-order valence-electron chi connectivity index (χ2n) is 5.05. The van der Waals surface area contributed by atoms with Crippen LogP contribution >= 0.6 is 0 Å². The van der Waals surface area contributed by atoms with Gasteiger partial charge in [0.25, 0.3) is 5.91 Å². The number of fused-ring (bicyclic) bond motifs is 1. The third-order valence-corrected chi connectivity index (χ3v) is 3.53. The first-order chi connectivity index (χ1) is 10.2. The summed E-state index contributed by atoms with van der Waals surface area (Å²) in [5, 5.41) is 2.75. The average Bonchev–Trinajstić information content (AvgIpc) is 3.15. The Hall–Kier alpha value is -2.56. The Morgan fingerprint density at radius 2 is 2.05 bits per heavy atom. The maximum atomic E-state index is 11.8. The van der Waals surface area contributed by atoms with E-state index in [1.54, 1.807) is 18.3 Å². The highest BCUT2D eigenvalue weighted by Crippen LogP contribution is 2.24. The molecule has 108 valence electrons. The van der Waals surface area contributed by atoms with E-state index in [-0.39, 0.29) is 12.5 Å². The first-order valence-corrected chi connectivity index (χ1v) is 6.94. The predicted molar refractivity (Wildman–Crippen MR) is 78.2 cm³/mol. The van der Waals surface area contributed by atoms with Gasteiger partial charge in [-0.3, -0.25) is 4.79 Å². The van der Waals surface area contributed by atoms with Crippen LogP contribution in [0.15, 0.2) is 36.5 Å². The van der Waals surface area contributed by atoms with Gasteiger partial charge in [-0.2, -0.15) is 0 Å². The van der Waals surface area contributed by atoms with Crippen molar-refractivity contribution in [3.05, 3.63) is 53.3 Å². The topological polar surface area (TPSA) is 71.2 Å². The number of rotatable bonds is 4. The van der Waals surface area contributed by atoms with Gasteiger partial charge in [-0.25, -0.2) is 4.79 Å². The van der Waals surface area contributed by atoms with Crippen molar-refractivity contribution >= 4 is 17.6 Å². The van der Waals surface area contributed by atoms with Gasteiger partial charge < -0.3 is 15.0 Å². The van der Waals surface area contributed by atoms with Crippen molar-refractivity contribution in [1.29, 1.82) is 0 Å². The number of amides is 1. The molecule has 5 heteroatoms. The maximum absolute atomic E-state index is 11.8. The van der Waals surface area contributed by atoms with Gasteiger partial charge >= 0.3 is 5.97 Å². The van der Waals surface area contributed by atoms with E-state index in [0.29, 0.717) is 5.69 Å². The summed E-state index contributed by atoms with van der Waals surface area (Å²) in [5.74, 6) is -0.878. The monoisotopic (exact) mass is 284 g/mol. The number of nitrogens with one attached hydrogen (secondary N) is 2. The summed E-state index contributed by atoms with van der Waals surface area (Å²) in [6, 6.07) is 9.21. The van der Waals surface area contributed by atoms with Gasteiger partial charge in [-0.15, -0.1) is 0 Å². The van der Waals surface area contributed by atoms with Crippen molar-refractivity contribution < 1.29 is 14.3 Å². The summed E-state index contributed by atoms with van der Waals surface area (Å²) < 4.78 is 4.93. The number of hydrogen-bond acceptors (Lipinski definition) is 3. The summed E-state index contributed by atoms with van der Waals surface area (Å²) >= 11 is 0. The van der Waals surface area contributed by atoms with Gasteiger partial charge in [0, 0.05) is 11.9 Å². The van der Waals surface area contributed by atoms with E-state index in [1.165, 1.54) is 17.5 Å². The van der Waals surface area contributed by atoms with E-state index in [1.807, 2.05) is 18.2 Å². The lowest BCUT2D eigenvalue weighted by molar-refractivity contribution is -0.119. The van der Waals surface area contributed by atoms with E-state index in [4.69, 9.17) is 4.74 Å². The quantitative estimate of drug-likeness (QED) is 0.846. The van der Waals surface area contributed by atoms with E-state index in [2.05, 4.69) is 10.3 Å². The third kappa shape index (κ3) is 3.13. The van der Waals surface area contributed by atoms with Gasteiger partial charge in [0.2, 0.25) is 0 Å². The van der Waals surface area contributed by atoms with Crippen LogP contribution in [0.2, 0.25) is 0 Å². The standard InChI is InChI=1S/C16H16N2O3/c19-15(10-21-16(20)14-5-2-8-17-14)18-13-7-6-11-3-1-4-12(11)9-13/h2,5-9,17H,1,3-4,10H2,(H,18,19). The van der Waals surface area contributed by atoms with Crippen molar-refractivity contribution in [2.45, 2.75) is 19.3 Å². The molecule has 1 aliphatic carbocycles. The van der Waals surface area contributed by atoms with Gasteiger partial charge in [0.1, 0.15) is 5.69 Å². The molecule has 21 heavy (non-hydrogen) atoms. The molecule has 0 unspecified atom stereocenters. The number of carbonyl (C=O) groups is 2. The van der Waals surface area contributed by atoms with Crippen LogP contribution in [0.4, 0.5) is 5.69 Å². The number of carbonyl (C=O) groups excluding carboxylic acids is 2. The highest BCUT2D eigenvalue weighted by Gasteiger charge is 2.13. The Morgan fingerprint density at radius 1 is 1.19 bits per heavy atom. The Morgan fingerprint density at radius 3 is 2.86 bits per heavy atom. The largest absolute Gasteiger partial charge is 0.451 e. The minimum atomic E-state index is -0.538. The van der Waals surface area contributed by atoms with E-state index in [9.17, 15) is 9.59 Å².